The van der Waals surface area contributed by atoms with E-state index in [0.29, 0.717) is 11.4 Å². The molecule has 0 bridgehead atoms. The second-order valence-electron chi connectivity index (χ2n) is 6.19. The van der Waals surface area contributed by atoms with Crippen molar-refractivity contribution < 1.29 is 4.79 Å². The minimum atomic E-state index is -0.344. The summed E-state index contributed by atoms with van der Waals surface area (Å²) in [5.41, 5.74) is 5.76. The lowest BCUT2D eigenvalue weighted by Gasteiger charge is -2.12. The van der Waals surface area contributed by atoms with Gasteiger partial charge in [0.05, 0.1) is 17.5 Å². The van der Waals surface area contributed by atoms with Crippen molar-refractivity contribution in [3.05, 3.63) is 82.5 Å². The summed E-state index contributed by atoms with van der Waals surface area (Å²) >= 11 is 3.48. The fourth-order valence-corrected chi connectivity index (χ4v) is 2.85. The lowest BCUT2D eigenvalue weighted by atomic mass is 10.2. The SMILES string of the molecule is CN(C)c1ccc(/C=N/NC(=O)c2cccnc2Nc2ccccc2Br)cc1. The number of rotatable bonds is 6. The zero-order chi connectivity index (χ0) is 19.9. The molecule has 1 aromatic heterocycles. The van der Waals surface area contributed by atoms with E-state index in [1.54, 1.807) is 24.5 Å². The maximum Gasteiger partial charge on any atom is 0.275 e. The lowest BCUT2D eigenvalue weighted by Crippen LogP contribution is -2.19. The maximum atomic E-state index is 12.6. The first-order valence-corrected chi connectivity index (χ1v) is 9.41. The Hall–Kier alpha value is -3.19. The van der Waals surface area contributed by atoms with Crippen molar-refractivity contribution in [3.8, 4) is 0 Å². The minimum absolute atomic E-state index is 0.344. The average molecular weight is 438 g/mol. The van der Waals surface area contributed by atoms with Crippen LogP contribution in [0.4, 0.5) is 17.2 Å². The molecule has 0 aliphatic carbocycles. The van der Waals surface area contributed by atoms with Gasteiger partial charge in [-0.2, -0.15) is 5.10 Å². The number of carbonyl (C=O) groups is 1. The Morgan fingerprint density at radius 1 is 1.07 bits per heavy atom. The van der Waals surface area contributed by atoms with Crippen LogP contribution in [0.5, 0.6) is 0 Å². The summed E-state index contributed by atoms with van der Waals surface area (Å²) in [6.45, 7) is 0. The summed E-state index contributed by atoms with van der Waals surface area (Å²) in [6.07, 6.45) is 3.24. The van der Waals surface area contributed by atoms with Gasteiger partial charge in [0.2, 0.25) is 0 Å². The van der Waals surface area contributed by atoms with Gasteiger partial charge in [-0.05, 0) is 57.9 Å². The highest BCUT2D eigenvalue weighted by molar-refractivity contribution is 9.10. The summed E-state index contributed by atoms with van der Waals surface area (Å²) < 4.78 is 0.881. The number of pyridine rings is 1. The van der Waals surface area contributed by atoms with Crippen LogP contribution in [-0.2, 0) is 0 Å². The van der Waals surface area contributed by atoms with Crippen molar-refractivity contribution in [2.45, 2.75) is 0 Å². The second kappa shape index (κ2) is 9.14. The largest absolute Gasteiger partial charge is 0.378 e. The third-order valence-electron chi connectivity index (χ3n) is 3.97. The van der Waals surface area contributed by atoms with Crippen molar-refractivity contribution in [1.82, 2.24) is 10.4 Å². The monoisotopic (exact) mass is 437 g/mol. The van der Waals surface area contributed by atoms with Crippen LogP contribution in [0.2, 0.25) is 0 Å². The third kappa shape index (κ3) is 4.95. The predicted octanol–water partition coefficient (Wildman–Crippen LogP) is 4.42. The number of carbonyl (C=O) groups excluding carboxylic acids is 1. The van der Waals surface area contributed by atoms with Crippen molar-refractivity contribution in [1.29, 1.82) is 0 Å². The smallest absolute Gasteiger partial charge is 0.275 e. The number of anilines is 3. The molecule has 0 aliphatic rings. The van der Waals surface area contributed by atoms with Gasteiger partial charge in [0.1, 0.15) is 5.82 Å². The van der Waals surface area contributed by atoms with Gasteiger partial charge in [-0.25, -0.2) is 10.4 Å². The summed E-state index contributed by atoms with van der Waals surface area (Å²) in [4.78, 5) is 18.8. The van der Waals surface area contributed by atoms with Gasteiger partial charge >= 0.3 is 0 Å². The van der Waals surface area contributed by atoms with E-state index >= 15 is 0 Å². The highest BCUT2D eigenvalue weighted by Gasteiger charge is 2.12. The molecule has 2 aromatic carbocycles. The molecule has 6 nitrogen and oxygen atoms in total. The van der Waals surface area contributed by atoms with Crippen LogP contribution in [0.1, 0.15) is 15.9 Å². The number of nitrogens with zero attached hydrogens (tertiary/aromatic N) is 3. The second-order valence-corrected chi connectivity index (χ2v) is 7.04. The van der Waals surface area contributed by atoms with E-state index in [-0.39, 0.29) is 5.91 Å². The van der Waals surface area contributed by atoms with E-state index in [0.717, 1.165) is 21.4 Å². The van der Waals surface area contributed by atoms with Gasteiger partial charge in [0, 0.05) is 30.5 Å². The van der Waals surface area contributed by atoms with Crippen LogP contribution in [0.25, 0.3) is 0 Å². The molecule has 142 valence electrons. The number of amides is 1. The third-order valence-corrected chi connectivity index (χ3v) is 4.66. The van der Waals surface area contributed by atoms with Crippen LogP contribution in [0.3, 0.4) is 0 Å². The number of hydrazone groups is 1. The normalized spacial score (nSPS) is 10.7. The molecule has 28 heavy (non-hydrogen) atoms. The molecule has 3 aromatic rings. The molecule has 0 saturated heterocycles. The molecule has 0 fully saturated rings. The van der Waals surface area contributed by atoms with E-state index in [1.165, 1.54) is 0 Å². The molecule has 1 amide bonds. The molecule has 0 spiro atoms. The summed E-state index contributed by atoms with van der Waals surface area (Å²) in [7, 11) is 3.97. The zero-order valence-corrected chi connectivity index (χ0v) is 17.1. The molecule has 2 N–H and O–H groups in total. The number of nitrogens with one attached hydrogen (secondary N) is 2. The Labute approximate surface area is 172 Å². The van der Waals surface area contributed by atoms with Gasteiger partial charge in [-0.15, -0.1) is 0 Å². The van der Waals surface area contributed by atoms with Gasteiger partial charge in [0.25, 0.3) is 5.91 Å². The van der Waals surface area contributed by atoms with Gasteiger partial charge in [-0.1, -0.05) is 24.3 Å². The lowest BCUT2D eigenvalue weighted by molar-refractivity contribution is 0.0955. The van der Waals surface area contributed by atoms with Gasteiger partial charge < -0.3 is 10.2 Å². The first-order valence-electron chi connectivity index (χ1n) is 8.62. The van der Waals surface area contributed by atoms with Crippen molar-refractivity contribution in [2.24, 2.45) is 5.10 Å². The quantitative estimate of drug-likeness (QED) is 0.442. The molecule has 0 saturated carbocycles. The minimum Gasteiger partial charge on any atom is -0.378 e. The molecular formula is C21H20BrN5O. The summed E-state index contributed by atoms with van der Waals surface area (Å²) in [6, 6.07) is 18.9. The Morgan fingerprint density at radius 2 is 1.82 bits per heavy atom. The molecule has 1 heterocycles. The molecule has 3 rings (SSSR count). The summed E-state index contributed by atoms with van der Waals surface area (Å²) in [5.74, 6) is 0.112. The number of aromatic nitrogens is 1. The van der Waals surface area contributed by atoms with Crippen LogP contribution in [-0.4, -0.2) is 31.2 Å². The van der Waals surface area contributed by atoms with E-state index in [2.05, 4.69) is 36.8 Å². The predicted molar refractivity (Wildman–Crippen MR) is 117 cm³/mol. The Morgan fingerprint density at radius 3 is 2.54 bits per heavy atom. The van der Waals surface area contributed by atoms with Crippen LogP contribution >= 0.6 is 15.9 Å². The molecular weight excluding hydrogens is 418 g/mol. The number of hydrogen-bond acceptors (Lipinski definition) is 5. The number of para-hydroxylation sites is 1. The molecule has 7 heteroatoms. The average Bonchev–Trinajstić information content (AvgIpc) is 2.70. The fraction of sp³-hybridized carbons (Fsp3) is 0.0952. The number of benzene rings is 2. The Bertz CT molecular complexity index is 986. The van der Waals surface area contributed by atoms with Crippen LogP contribution in [0, 0.1) is 0 Å². The molecule has 0 aliphatic heterocycles. The zero-order valence-electron chi connectivity index (χ0n) is 15.6. The van der Waals surface area contributed by atoms with E-state index in [1.807, 2.05) is 67.5 Å². The fourth-order valence-electron chi connectivity index (χ4n) is 2.46. The first-order chi connectivity index (χ1) is 13.5. The van der Waals surface area contributed by atoms with Crippen LogP contribution < -0.4 is 15.6 Å². The molecule has 0 atom stereocenters. The first kappa shape index (κ1) is 19.6. The number of hydrogen-bond donors (Lipinski definition) is 2. The topological polar surface area (TPSA) is 69.6 Å². The van der Waals surface area contributed by atoms with E-state index in [9.17, 15) is 4.79 Å². The summed E-state index contributed by atoms with van der Waals surface area (Å²) in [5, 5.41) is 7.23. The van der Waals surface area contributed by atoms with Crippen LogP contribution in [0.15, 0.2) is 76.4 Å². The number of halogens is 1. The van der Waals surface area contributed by atoms with E-state index < -0.39 is 0 Å². The molecule has 0 radical (unpaired) electrons. The van der Waals surface area contributed by atoms with Crippen molar-refractivity contribution in [3.63, 3.8) is 0 Å². The maximum absolute atomic E-state index is 12.6. The highest BCUT2D eigenvalue weighted by atomic mass is 79.9. The van der Waals surface area contributed by atoms with Gasteiger partial charge in [-0.3, -0.25) is 4.79 Å². The molecule has 0 unspecified atom stereocenters. The van der Waals surface area contributed by atoms with Crippen molar-refractivity contribution in [2.75, 3.05) is 24.3 Å². The standard InChI is InChI=1S/C21H20BrN5O/c1-27(2)16-11-9-15(10-12-16)14-24-26-21(28)17-6-5-13-23-20(17)25-19-8-4-3-7-18(19)22/h3-14H,1-2H3,(H,23,25)(H,26,28)/b24-14+. The highest BCUT2D eigenvalue weighted by Crippen LogP contribution is 2.25. The van der Waals surface area contributed by atoms with Gasteiger partial charge in [0.15, 0.2) is 0 Å². The Kier molecular flexibility index (Phi) is 6.39. The van der Waals surface area contributed by atoms with Crippen molar-refractivity contribution >= 4 is 45.2 Å². The van der Waals surface area contributed by atoms with E-state index in [4.69, 9.17) is 0 Å². The Balaban J connectivity index is 1.70.